The van der Waals surface area contributed by atoms with E-state index in [0.717, 1.165) is 5.56 Å². The minimum Gasteiger partial charge on any atom is -0.417 e. The Kier molecular flexibility index (Phi) is 3.18. The molecule has 0 saturated heterocycles. The molecule has 0 saturated carbocycles. The van der Waals surface area contributed by atoms with Crippen molar-refractivity contribution >= 4 is 5.91 Å². The number of carbonyl (C=O) groups excluding carboxylic acids is 1. The molecule has 1 aromatic carbocycles. The molecule has 5 nitrogen and oxygen atoms in total. The number of nitrogens with zero attached hydrogens (tertiary/aromatic N) is 2. The molecule has 0 spiro atoms. The third-order valence-electron chi connectivity index (χ3n) is 2.37. The van der Waals surface area contributed by atoms with Crippen LogP contribution in [-0.2, 0) is 0 Å². The lowest BCUT2D eigenvalue weighted by atomic mass is 10.1. The average Bonchev–Trinajstić information content (AvgIpc) is 2.77. The first-order chi connectivity index (χ1) is 8.16. The quantitative estimate of drug-likeness (QED) is 0.875. The van der Waals surface area contributed by atoms with Gasteiger partial charge >= 0.3 is 11.8 Å². The van der Waals surface area contributed by atoms with Crippen LogP contribution >= 0.6 is 0 Å². The molecule has 0 aliphatic heterocycles. The maximum absolute atomic E-state index is 11.7. The lowest BCUT2D eigenvalue weighted by molar-refractivity contribution is 0.0903. The maximum atomic E-state index is 11.7. The number of nitrogens with one attached hydrogen (secondary N) is 1. The molecule has 1 heterocycles. The monoisotopic (exact) mass is 231 g/mol. The van der Waals surface area contributed by atoms with Gasteiger partial charge in [-0.25, -0.2) is 0 Å². The molecule has 2 aromatic rings. The molecule has 1 atom stereocenters. The summed E-state index contributed by atoms with van der Waals surface area (Å²) in [7, 11) is 0. The van der Waals surface area contributed by atoms with Gasteiger partial charge in [0.25, 0.3) is 0 Å². The van der Waals surface area contributed by atoms with Gasteiger partial charge in [-0.05, 0) is 12.5 Å². The largest absolute Gasteiger partial charge is 0.417 e. The summed E-state index contributed by atoms with van der Waals surface area (Å²) in [6, 6.07) is 9.58. The van der Waals surface area contributed by atoms with Crippen molar-refractivity contribution in [3.8, 4) is 0 Å². The van der Waals surface area contributed by atoms with Gasteiger partial charge in [0.15, 0.2) is 0 Å². The van der Waals surface area contributed by atoms with Crippen molar-refractivity contribution < 1.29 is 9.21 Å². The molecule has 0 aliphatic rings. The van der Waals surface area contributed by atoms with E-state index in [4.69, 9.17) is 4.42 Å². The lowest BCUT2D eigenvalue weighted by Gasteiger charge is -2.12. The number of rotatable bonds is 3. The second kappa shape index (κ2) is 4.78. The second-order valence-electron chi connectivity index (χ2n) is 3.73. The summed E-state index contributed by atoms with van der Waals surface area (Å²) in [5, 5.41) is 10.1. The van der Waals surface area contributed by atoms with Crippen molar-refractivity contribution in [3.05, 3.63) is 47.7 Å². The van der Waals surface area contributed by atoms with Gasteiger partial charge in [-0.2, -0.15) is 0 Å². The molecule has 88 valence electrons. The number of carbonyl (C=O) groups is 1. The molecule has 1 unspecified atom stereocenters. The highest BCUT2D eigenvalue weighted by molar-refractivity contribution is 5.89. The molecule has 17 heavy (non-hydrogen) atoms. The minimum absolute atomic E-state index is 0.00900. The van der Waals surface area contributed by atoms with E-state index in [-0.39, 0.29) is 17.8 Å². The first kappa shape index (κ1) is 11.3. The van der Waals surface area contributed by atoms with E-state index in [0.29, 0.717) is 5.89 Å². The van der Waals surface area contributed by atoms with Crippen LogP contribution in [0.2, 0.25) is 0 Å². The molecule has 1 N–H and O–H groups in total. The van der Waals surface area contributed by atoms with Crippen molar-refractivity contribution in [2.24, 2.45) is 0 Å². The topological polar surface area (TPSA) is 68.0 Å². The van der Waals surface area contributed by atoms with Gasteiger partial charge in [-0.3, -0.25) is 4.79 Å². The number of hydrogen-bond acceptors (Lipinski definition) is 4. The van der Waals surface area contributed by atoms with Crippen LogP contribution in [0.4, 0.5) is 0 Å². The predicted octanol–water partition coefficient (Wildman–Crippen LogP) is 1.87. The smallest absolute Gasteiger partial charge is 0.309 e. The number of aromatic nitrogens is 2. The summed E-state index contributed by atoms with van der Waals surface area (Å²) in [6.07, 6.45) is 0. The lowest BCUT2D eigenvalue weighted by Crippen LogP contribution is -2.26. The van der Waals surface area contributed by atoms with Crippen LogP contribution in [0.25, 0.3) is 0 Å². The van der Waals surface area contributed by atoms with Gasteiger partial charge in [0.05, 0.1) is 6.04 Å². The normalized spacial score (nSPS) is 12.1. The summed E-state index contributed by atoms with van der Waals surface area (Å²) in [5.41, 5.74) is 1.03. The van der Waals surface area contributed by atoms with Gasteiger partial charge in [-0.15, -0.1) is 10.2 Å². The van der Waals surface area contributed by atoms with E-state index in [2.05, 4.69) is 15.5 Å². The number of amides is 1. The standard InChI is InChI=1S/C12H13N3O2/c1-8(10-6-4-3-5-7-10)13-11(16)12-15-14-9(2)17-12/h3-8H,1-2H3,(H,13,16). The molecule has 0 radical (unpaired) electrons. The fourth-order valence-electron chi connectivity index (χ4n) is 1.47. The van der Waals surface area contributed by atoms with Gasteiger partial charge in [0.2, 0.25) is 5.89 Å². The first-order valence-corrected chi connectivity index (χ1v) is 5.32. The van der Waals surface area contributed by atoms with Crippen molar-refractivity contribution in [2.45, 2.75) is 19.9 Å². The van der Waals surface area contributed by atoms with Crippen LogP contribution in [0, 0.1) is 6.92 Å². The van der Waals surface area contributed by atoms with Crippen LogP contribution in [0.3, 0.4) is 0 Å². The molecule has 0 aliphatic carbocycles. The number of benzene rings is 1. The Morgan fingerprint density at radius 3 is 2.59 bits per heavy atom. The zero-order chi connectivity index (χ0) is 12.3. The summed E-state index contributed by atoms with van der Waals surface area (Å²) in [5.74, 6) is 0.00903. The highest BCUT2D eigenvalue weighted by Gasteiger charge is 2.16. The molecule has 1 amide bonds. The minimum atomic E-state index is -0.359. The Bertz CT molecular complexity index is 507. The summed E-state index contributed by atoms with van der Waals surface area (Å²) in [6.45, 7) is 3.54. The third-order valence-corrected chi connectivity index (χ3v) is 2.37. The fraction of sp³-hybridized carbons (Fsp3) is 0.250. The van der Waals surface area contributed by atoms with E-state index in [9.17, 15) is 4.79 Å². The second-order valence-corrected chi connectivity index (χ2v) is 3.73. The summed E-state index contributed by atoms with van der Waals surface area (Å²) < 4.78 is 5.05. The van der Waals surface area contributed by atoms with Crippen LogP contribution in [0.5, 0.6) is 0 Å². The summed E-state index contributed by atoms with van der Waals surface area (Å²) in [4.78, 5) is 11.7. The zero-order valence-corrected chi connectivity index (χ0v) is 9.68. The van der Waals surface area contributed by atoms with Crippen molar-refractivity contribution in [3.63, 3.8) is 0 Å². The molecule has 0 bridgehead atoms. The Morgan fingerprint density at radius 2 is 2.00 bits per heavy atom. The summed E-state index contributed by atoms with van der Waals surface area (Å²) >= 11 is 0. The molecule has 1 aromatic heterocycles. The molecular formula is C12H13N3O2. The van der Waals surface area contributed by atoms with E-state index >= 15 is 0 Å². The van der Waals surface area contributed by atoms with E-state index in [1.54, 1.807) is 6.92 Å². The number of aryl methyl sites for hydroxylation is 1. The Hall–Kier alpha value is -2.17. The Balaban J connectivity index is 2.04. The zero-order valence-electron chi connectivity index (χ0n) is 9.68. The van der Waals surface area contributed by atoms with Crippen LogP contribution in [0.1, 0.15) is 35.1 Å². The van der Waals surface area contributed by atoms with Crippen molar-refractivity contribution in [1.82, 2.24) is 15.5 Å². The van der Waals surface area contributed by atoms with Crippen LogP contribution < -0.4 is 5.32 Å². The van der Waals surface area contributed by atoms with Crippen LogP contribution in [-0.4, -0.2) is 16.1 Å². The van der Waals surface area contributed by atoms with E-state index in [1.165, 1.54) is 0 Å². The molecule has 5 heteroatoms. The van der Waals surface area contributed by atoms with Gasteiger partial charge < -0.3 is 9.73 Å². The SMILES string of the molecule is Cc1nnc(C(=O)NC(C)c2ccccc2)o1. The molecule has 2 rings (SSSR count). The van der Waals surface area contributed by atoms with E-state index < -0.39 is 0 Å². The molecular weight excluding hydrogens is 218 g/mol. The van der Waals surface area contributed by atoms with Crippen molar-refractivity contribution in [2.75, 3.05) is 0 Å². The molecule has 0 fully saturated rings. The number of hydrogen-bond donors (Lipinski definition) is 1. The maximum Gasteiger partial charge on any atom is 0.309 e. The van der Waals surface area contributed by atoms with Gasteiger partial charge in [0, 0.05) is 6.92 Å². The fourth-order valence-corrected chi connectivity index (χ4v) is 1.47. The van der Waals surface area contributed by atoms with Gasteiger partial charge in [0.1, 0.15) is 0 Å². The predicted molar refractivity (Wildman–Crippen MR) is 61.4 cm³/mol. The highest BCUT2D eigenvalue weighted by Crippen LogP contribution is 2.11. The van der Waals surface area contributed by atoms with Crippen LogP contribution in [0.15, 0.2) is 34.7 Å². The third kappa shape index (κ3) is 2.69. The first-order valence-electron chi connectivity index (χ1n) is 5.32. The highest BCUT2D eigenvalue weighted by atomic mass is 16.4. The van der Waals surface area contributed by atoms with E-state index in [1.807, 2.05) is 37.3 Å². The Morgan fingerprint density at radius 1 is 1.29 bits per heavy atom. The van der Waals surface area contributed by atoms with Crippen molar-refractivity contribution in [1.29, 1.82) is 0 Å². The average molecular weight is 231 g/mol. The Labute approximate surface area is 98.9 Å². The van der Waals surface area contributed by atoms with Gasteiger partial charge in [-0.1, -0.05) is 30.3 Å².